The molecule has 1 aliphatic rings. The van der Waals surface area contributed by atoms with Crippen molar-refractivity contribution in [3.63, 3.8) is 0 Å². The van der Waals surface area contributed by atoms with Crippen LogP contribution in [0.2, 0.25) is 0 Å². The molecule has 0 bridgehead atoms. The Morgan fingerprint density at radius 3 is 2.72 bits per heavy atom. The highest BCUT2D eigenvalue weighted by atomic mass is 16.2. The van der Waals surface area contributed by atoms with Gasteiger partial charge in [-0.3, -0.25) is 14.4 Å². The zero-order valence-corrected chi connectivity index (χ0v) is 14.2. The predicted molar refractivity (Wildman–Crippen MR) is 92.0 cm³/mol. The Hall–Kier alpha value is -2.96. The maximum absolute atomic E-state index is 12.7. The van der Waals surface area contributed by atoms with E-state index in [0.29, 0.717) is 19.6 Å². The zero-order valence-electron chi connectivity index (χ0n) is 14.2. The second kappa shape index (κ2) is 6.88. The van der Waals surface area contributed by atoms with Crippen LogP contribution in [0, 0.1) is 6.92 Å². The number of carbonyl (C=O) groups is 2. The second-order valence-corrected chi connectivity index (χ2v) is 6.23. The molecule has 1 aromatic carbocycles. The first-order valence-electron chi connectivity index (χ1n) is 8.17. The summed E-state index contributed by atoms with van der Waals surface area (Å²) in [7, 11) is 0. The molecule has 3 rings (SSSR count). The summed E-state index contributed by atoms with van der Waals surface area (Å²) in [6.45, 7) is 5.16. The van der Waals surface area contributed by atoms with E-state index in [4.69, 9.17) is 0 Å². The molecule has 0 saturated carbocycles. The number of H-pyrrole nitrogens is 1. The minimum atomic E-state index is -0.570. The molecular formula is C18H20N4O3. The lowest BCUT2D eigenvalue weighted by molar-refractivity contribution is -0.140. The van der Waals surface area contributed by atoms with Crippen LogP contribution in [0.1, 0.15) is 28.5 Å². The SMILES string of the molecule is Cc1cccc(CN2CCN(C(=O)c3ccc(=O)[nH]n3)C(C)C2=O)c1. The van der Waals surface area contributed by atoms with Gasteiger partial charge in [0.25, 0.3) is 11.5 Å². The van der Waals surface area contributed by atoms with Gasteiger partial charge in [0.15, 0.2) is 0 Å². The van der Waals surface area contributed by atoms with Crippen molar-refractivity contribution < 1.29 is 9.59 Å². The van der Waals surface area contributed by atoms with Crippen molar-refractivity contribution in [2.24, 2.45) is 0 Å². The van der Waals surface area contributed by atoms with Gasteiger partial charge in [-0.05, 0) is 25.5 Å². The van der Waals surface area contributed by atoms with Crippen LogP contribution in [0.4, 0.5) is 0 Å². The quantitative estimate of drug-likeness (QED) is 0.901. The molecule has 0 radical (unpaired) electrons. The topological polar surface area (TPSA) is 86.4 Å². The molecule has 7 heteroatoms. The van der Waals surface area contributed by atoms with E-state index in [9.17, 15) is 14.4 Å². The van der Waals surface area contributed by atoms with Gasteiger partial charge < -0.3 is 9.80 Å². The van der Waals surface area contributed by atoms with Gasteiger partial charge in [-0.1, -0.05) is 29.8 Å². The van der Waals surface area contributed by atoms with Crippen LogP contribution in [0.3, 0.4) is 0 Å². The number of amides is 2. The third-order valence-electron chi connectivity index (χ3n) is 4.36. The van der Waals surface area contributed by atoms with Crippen molar-refractivity contribution in [3.8, 4) is 0 Å². The molecule has 1 unspecified atom stereocenters. The zero-order chi connectivity index (χ0) is 18.0. The summed E-state index contributed by atoms with van der Waals surface area (Å²) >= 11 is 0. The lowest BCUT2D eigenvalue weighted by atomic mass is 10.1. The number of aryl methyl sites for hydroxylation is 1. The molecule has 1 aromatic heterocycles. The average molecular weight is 340 g/mol. The second-order valence-electron chi connectivity index (χ2n) is 6.23. The maximum atomic E-state index is 12.7. The van der Waals surface area contributed by atoms with Crippen LogP contribution in [-0.2, 0) is 11.3 Å². The maximum Gasteiger partial charge on any atom is 0.275 e. The highest BCUT2D eigenvalue weighted by Crippen LogP contribution is 2.17. The minimum absolute atomic E-state index is 0.0921. The minimum Gasteiger partial charge on any atom is -0.335 e. The molecule has 1 fully saturated rings. The van der Waals surface area contributed by atoms with E-state index in [2.05, 4.69) is 16.3 Å². The summed E-state index contributed by atoms with van der Waals surface area (Å²) in [5.41, 5.74) is 1.98. The molecule has 2 heterocycles. The first-order chi connectivity index (χ1) is 12.0. The molecule has 1 atom stereocenters. The van der Waals surface area contributed by atoms with Crippen LogP contribution in [-0.4, -0.2) is 50.9 Å². The number of aromatic nitrogens is 2. The molecule has 0 spiro atoms. The van der Waals surface area contributed by atoms with Gasteiger partial charge >= 0.3 is 0 Å². The van der Waals surface area contributed by atoms with Crippen LogP contribution in [0.15, 0.2) is 41.2 Å². The Kier molecular flexibility index (Phi) is 4.65. The summed E-state index contributed by atoms with van der Waals surface area (Å²) < 4.78 is 0. The van der Waals surface area contributed by atoms with Crippen molar-refractivity contribution in [2.45, 2.75) is 26.4 Å². The standard InChI is InChI=1S/C18H20N4O3/c1-12-4-3-5-14(10-12)11-21-8-9-22(13(2)17(21)24)18(25)15-6-7-16(23)20-19-15/h3-7,10,13H,8-9,11H2,1-2H3,(H,20,23). The van der Waals surface area contributed by atoms with Gasteiger partial charge in [0.2, 0.25) is 5.91 Å². The fraction of sp³-hybridized carbons (Fsp3) is 0.333. The van der Waals surface area contributed by atoms with Crippen LogP contribution < -0.4 is 5.56 Å². The molecule has 2 amide bonds. The van der Waals surface area contributed by atoms with Crippen LogP contribution >= 0.6 is 0 Å². The molecule has 7 nitrogen and oxygen atoms in total. The number of aromatic amines is 1. The van der Waals surface area contributed by atoms with Gasteiger partial charge in [0.05, 0.1) is 0 Å². The Balaban J connectivity index is 1.71. The van der Waals surface area contributed by atoms with E-state index in [-0.39, 0.29) is 23.1 Å². The molecule has 2 aromatic rings. The summed E-state index contributed by atoms with van der Waals surface area (Å²) in [5, 5.41) is 6.00. The number of benzene rings is 1. The third kappa shape index (κ3) is 3.60. The number of hydrogen-bond acceptors (Lipinski definition) is 4. The van der Waals surface area contributed by atoms with E-state index in [0.717, 1.165) is 11.1 Å². The van der Waals surface area contributed by atoms with Crippen molar-refractivity contribution in [1.82, 2.24) is 20.0 Å². The van der Waals surface area contributed by atoms with E-state index in [1.807, 2.05) is 25.1 Å². The first kappa shape index (κ1) is 16.9. The summed E-state index contributed by atoms with van der Waals surface area (Å²) in [6, 6.07) is 10.1. The van der Waals surface area contributed by atoms with Crippen LogP contribution in [0.5, 0.6) is 0 Å². The van der Waals surface area contributed by atoms with Gasteiger partial charge in [-0.15, -0.1) is 0 Å². The smallest absolute Gasteiger partial charge is 0.275 e. The number of rotatable bonds is 3. The fourth-order valence-electron chi connectivity index (χ4n) is 3.01. The van der Waals surface area contributed by atoms with E-state index in [1.165, 1.54) is 17.0 Å². The van der Waals surface area contributed by atoms with Crippen molar-refractivity contribution in [1.29, 1.82) is 0 Å². The molecule has 0 aliphatic carbocycles. The Labute approximate surface area is 145 Å². The van der Waals surface area contributed by atoms with Gasteiger partial charge in [0, 0.05) is 25.7 Å². The lowest BCUT2D eigenvalue weighted by Crippen LogP contribution is -2.57. The monoisotopic (exact) mass is 340 g/mol. The van der Waals surface area contributed by atoms with Crippen molar-refractivity contribution in [3.05, 3.63) is 63.6 Å². The molecule has 1 saturated heterocycles. The summed E-state index contributed by atoms with van der Waals surface area (Å²) in [4.78, 5) is 39.6. The van der Waals surface area contributed by atoms with Crippen molar-refractivity contribution in [2.75, 3.05) is 13.1 Å². The number of carbonyl (C=O) groups excluding carboxylic acids is 2. The summed E-state index contributed by atoms with van der Waals surface area (Å²) in [5.74, 6) is -0.446. The number of nitrogens with zero attached hydrogens (tertiary/aromatic N) is 3. The van der Waals surface area contributed by atoms with Gasteiger partial charge in [-0.25, -0.2) is 5.10 Å². The van der Waals surface area contributed by atoms with E-state index >= 15 is 0 Å². The average Bonchev–Trinajstić information content (AvgIpc) is 2.59. The lowest BCUT2D eigenvalue weighted by Gasteiger charge is -2.39. The first-order valence-corrected chi connectivity index (χ1v) is 8.17. The molecule has 25 heavy (non-hydrogen) atoms. The normalized spacial score (nSPS) is 17.7. The number of hydrogen-bond donors (Lipinski definition) is 1. The third-order valence-corrected chi connectivity index (χ3v) is 4.36. The number of piperazine rings is 1. The van der Waals surface area contributed by atoms with E-state index < -0.39 is 6.04 Å². The van der Waals surface area contributed by atoms with E-state index in [1.54, 1.807) is 11.8 Å². The van der Waals surface area contributed by atoms with Gasteiger partial charge in [0.1, 0.15) is 11.7 Å². The summed E-state index contributed by atoms with van der Waals surface area (Å²) in [6.07, 6.45) is 0. The van der Waals surface area contributed by atoms with Gasteiger partial charge in [-0.2, -0.15) is 5.10 Å². The highest BCUT2D eigenvalue weighted by molar-refractivity contribution is 5.96. The Bertz CT molecular complexity index is 841. The fourth-order valence-corrected chi connectivity index (χ4v) is 3.01. The van der Waals surface area contributed by atoms with Crippen molar-refractivity contribution >= 4 is 11.8 Å². The largest absolute Gasteiger partial charge is 0.335 e. The highest BCUT2D eigenvalue weighted by Gasteiger charge is 2.35. The van der Waals surface area contributed by atoms with Crippen LogP contribution in [0.25, 0.3) is 0 Å². The molecular weight excluding hydrogens is 320 g/mol. The molecule has 1 aliphatic heterocycles. The Morgan fingerprint density at radius 1 is 1.24 bits per heavy atom. The Morgan fingerprint density at radius 2 is 2.04 bits per heavy atom. The molecule has 1 N–H and O–H groups in total. The number of nitrogens with one attached hydrogen (secondary N) is 1. The predicted octanol–water partition coefficient (Wildman–Crippen LogP) is 0.951. The molecule has 130 valence electrons.